The summed E-state index contributed by atoms with van der Waals surface area (Å²) in [6.07, 6.45) is 5.46. The van der Waals surface area contributed by atoms with Crippen molar-refractivity contribution < 1.29 is 9.53 Å². The maximum absolute atomic E-state index is 11.6. The summed E-state index contributed by atoms with van der Waals surface area (Å²) < 4.78 is 5.60. The lowest BCUT2D eigenvalue weighted by molar-refractivity contribution is -0.158. The smallest absolute Gasteiger partial charge is 0.333 e. The molecule has 0 saturated heterocycles. The first-order valence-electron chi connectivity index (χ1n) is 7.09. The molecular weight excluding hydrogens is 224 g/mol. The highest BCUT2D eigenvalue weighted by atomic mass is 16.6. The largest absolute Gasteiger partial charge is 0.456 e. The minimum Gasteiger partial charge on any atom is -0.456 e. The van der Waals surface area contributed by atoms with Crippen LogP contribution in [0.1, 0.15) is 66.7 Å². The lowest BCUT2D eigenvalue weighted by Gasteiger charge is -2.43. The van der Waals surface area contributed by atoms with Gasteiger partial charge in [-0.3, -0.25) is 0 Å². The number of ether oxygens (including phenoxy) is 1. The van der Waals surface area contributed by atoms with Crippen LogP contribution >= 0.6 is 0 Å². The van der Waals surface area contributed by atoms with E-state index in [0.717, 1.165) is 31.6 Å². The summed E-state index contributed by atoms with van der Waals surface area (Å²) in [5.41, 5.74) is 0.614. The molecule has 0 unspecified atom stereocenters. The third-order valence-corrected chi connectivity index (χ3v) is 4.75. The molecule has 0 amide bonds. The number of rotatable bonds is 4. The fraction of sp³-hybridized carbons (Fsp3) is 0.812. The van der Waals surface area contributed by atoms with Gasteiger partial charge in [-0.15, -0.1) is 0 Å². The molecule has 104 valence electrons. The van der Waals surface area contributed by atoms with Crippen LogP contribution in [-0.2, 0) is 9.53 Å². The molecule has 1 rings (SSSR count). The number of carbonyl (C=O) groups is 1. The van der Waals surface area contributed by atoms with Crippen molar-refractivity contribution in [1.29, 1.82) is 0 Å². The molecule has 1 aliphatic rings. The second-order valence-electron chi connectivity index (χ2n) is 6.74. The predicted molar refractivity (Wildman–Crippen MR) is 75.3 cm³/mol. The average molecular weight is 252 g/mol. The fourth-order valence-corrected chi connectivity index (χ4v) is 2.71. The summed E-state index contributed by atoms with van der Waals surface area (Å²) >= 11 is 0. The molecule has 18 heavy (non-hydrogen) atoms. The average Bonchev–Trinajstić information content (AvgIpc) is 2.29. The third kappa shape index (κ3) is 3.60. The zero-order valence-corrected chi connectivity index (χ0v) is 12.6. The van der Waals surface area contributed by atoms with Crippen LogP contribution in [0.2, 0.25) is 0 Å². The summed E-state index contributed by atoms with van der Waals surface area (Å²) in [7, 11) is 0. The lowest BCUT2D eigenvalue weighted by Crippen LogP contribution is -2.39. The monoisotopic (exact) mass is 252 g/mol. The normalized spacial score (nSPS) is 28.8. The summed E-state index contributed by atoms with van der Waals surface area (Å²) in [6, 6.07) is 0. The summed E-state index contributed by atoms with van der Waals surface area (Å²) in [6.45, 7) is 14.4. The Bertz CT molecular complexity index is 320. The Kier molecular flexibility index (Phi) is 4.63. The highest BCUT2D eigenvalue weighted by Gasteiger charge is 2.39. The van der Waals surface area contributed by atoms with Gasteiger partial charge in [0.2, 0.25) is 0 Å². The number of hydrogen-bond acceptors (Lipinski definition) is 2. The van der Waals surface area contributed by atoms with E-state index in [1.54, 1.807) is 6.92 Å². The minimum atomic E-state index is -0.281. The van der Waals surface area contributed by atoms with Crippen molar-refractivity contribution in [3.63, 3.8) is 0 Å². The maximum atomic E-state index is 11.6. The Morgan fingerprint density at radius 2 is 1.89 bits per heavy atom. The van der Waals surface area contributed by atoms with Gasteiger partial charge in [-0.2, -0.15) is 0 Å². The highest BCUT2D eigenvalue weighted by Crippen LogP contribution is 2.44. The number of esters is 1. The molecule has 1 fully saturated rings. The van der Waals surface area contributed by atoms with Crippen LogP contribution in [-0.4, -0.2) is 11.6 Å². The molecule has 0 aliphatic heterocycles. The van der Waals surface area contributed by atoms with E-state index in [1.165, 1.54) is 6.42 Å². The standard InChI is InChI=1S/C16H28O2/c1-7-15(4,5)13-8-10-16(6,11-9-13)18-14(17)12(2)3/h13H,2,7-11H2,1,3-6H3. The van der Waals surface area contributed by atoms with Crippen molar-refractivity contribution in [2.75, 3.05) is 0 Å². The van der Waals surface area contributed by atoms with Crippen molar-refractivity contribution in [3.05, 3.63) is 12.2 Å². The zero-order valence-electron chi connectivity index (χ0n) is 12.6. The molecule has 0 heterocycles. The Morgan fingerprint density at radius 1 is 1.39 bits per heavy atom. The molecule has 0 spiro atoms. The molecule has 2 heteroatoms. The van der Waals surface area contributed by atoms with E-state index in [1.807, 2.05) is 0 Å². The molecule has 0 N–H and O–H groups in total. The third-order valence-electron chi connectivity index (χ3n) is 4.75. The molecule has 1 saturated carbocycles. The van der Waals surface area contributed by atoms with E-state index in [2.05, 4.69) is 34.3 Å². The van der Waals surface area contributed by atoms with E-state index in [9.17, 15) is 4.79 Å². The van der Waals surface area contributed by atoms with Crippen LogP contribution in [0.5, 0.6) is 0 Å². The fourth-order valence-electron chi connectivity index (χ4n) is 2.71. The molecule has 2 nitrogen and oxygen atoms in total. The Morgan fingerprint density at radius 3 is 2.28 bits per heavy atom. The first-order chi connectivity index (χ1) is 8.20. The predicted octanol–water partition coefficient (Wildman–Crippen LogP) is 4.49. The molecule has 0 bridgehead atoms. The Balaban J connectivity index is 2.57. The highest BCUT2D eigenvalue weighted by molar-refractivity contribution is 5.87. The van der Waals surface area contributed by atoms with E-state index in [-0.39, 0.29) is 11.6 Å². The molecular formula is C16H28O2. The zero-order chi connectivity index (χ0) is 14.0. The quantitative estimate of drug-likeness (QED) is 0.544. The van der Waals surface area contributed by atoms with Crippen molar-refractivity contribution in [1.82, 2.24) is 0 Å². The summed E-state index contributed by atoms with van der Waals surface area (Å²) in [5.74, 6) is 0.504. The van der Waals surface area contributed by atoms with Crippen molar-refractivity contribution in [2.24, 2.45) is 11.3 Å². The number of hydrogen-bond donors (Lipinski definition) is 0. The second-order valence-corrected chi connectivity index (χ2v) is 6.74. The molecule has 0 aromatic rings. The Hall–Kier alpha value is -0.790. The molecule has 0 radical (unpaired) electrons. The van der Waals surface area contributed by atoms with E-state index < -0.39 is 0 Å². The minimum absolute atomic E-state index is 0.245. The van der Waals surface area contributed by atoms with Gasteiger partial charge in [-0.05, 0) is 50.9 Å². The first-order valence-corrected chi connectivity index (χ1v) is 7.09. The van der Waals surface area contributed by atoms with Gasteiger partial charge in [-0.1, -0.05) is 33.8 Å². The van der Waals surface area contributed by atoms with Gasteiger partial charge in [0, 0.05) is 5.57 Å². The SMILES string of the molecule is C=C(C)C(=O)OC1(C)CCC(C(C)(C)CC)CC1. The molecule has 0 atom stereocenters. The van der Waals surface area contributed by atoms with E-state index in [0.29, 0.717) is 11.0 Å². The lowest BCUT2D eigenvalue weighted by atomic mass is 9.67. The first kappa shape index (κ1) is 15.3. The van der Waals surface area contributed by atoms with Crippen LogP contribution in [0.25, 0.3) is 0 Å². The van der Waals surface area contributed by atoms with Crippen molar-refractivity contribution in [3.8, 4) is 0 Å². The van der Waals surface area contributed by atoms with Gasteiger partial charge < -0.3 is 4.74 Å². The van der Waals surface area contributed by atoms with Gasteiger partial charge in [-0.25, -0.2) is 4.79 Å². The van der Waals surface area contributed by atoms with Gasteiger partial charge in [0.05, 0.1) is 0 Å². The van der Waals surface area contributed by atoms with Gasteiger partial charge in [0.25, 0.3) is 0 Å². The summed E-state index contributed by atoms with van der Waals surface area (Å²) in [4.78, 5) is 11.6. The number of carbonyl (C=O) groups excluding carboxylic acids is 1. The van der Waals surface area contributed by atoms with Gasteiger partial charge in [0.15, 0.2) is 0 Å². The van der Waals surface area contributed by atoms with Crippen LogP contribution in [0.15, 0.2) is 12.2 Å². The Labute approximate surface area is 112 Å². The molecule has 0 aromatic carbocycles. The summed E-state index contributed by atoms with van der Waals surface area (Å²) in [5, 5.41) is 0. The molecule has 1 aliphatic carbocycles. The topological polar surface area (TPSA) is 26.3 Å². The molecule has 0 aromatic heterocycles. The van der Waals surface area contributed by atoms with Gasteiger partial charge in [0.1, 0.15) is 5.60 Å². The second kappa shape index (κ2) is 5.46. The maximum Gasteiger partial charge on any atom is 0.333 e. The van der Waals surface area contributed by atoms with Gasteiger partial charge >= 0.3 is 5.97 Å². The van der Waals surface area contributed by atoms with Crippen LogP contribution in [0.4, 0.5) is 0 Å². The van der Waals surface area contributed by atoms with Crippen molar-refractivity contribution in [2.45, 2.75) is 72.3 Å². The van der Waals surface area contributed by atoms with Crippen molar-refractivity contribution >= 4 is 5.97 Å². The van der Waals surface area contributed by atoms with Crippen LogP contribution < -0.4 is 0 Å². The van der Waals surface area contributed by atoms with E-state index in [4.69, 9.17) is 4.74 Å². The van der Waals surface area contributed by atoms with Crippen LogP contribution in [0, 0.1) is 11.3 Å². The van der Waals surface area contributed by atoms with E-state index >= 15 is 0 Å². The van der Waals surface area contributed by atoms with Crippen LogP contribution in [0.3, 0.4) is 0 Å².